The first-order chi connectivity index (χ1) is 8.85. The highest BCUT2D eigenvalue weighted by atomic mass is 35.5. The summed E-state index contributed by atoms with van der Waals surface area (Å²) >= 11 is 11.3. The molecular formula is C11H14Cl3FN2O2S. The van der Waals surface area contributed by atoms with Gasteiger partial charge in [-0.3, -0.25) is 0 Å². The van der Waals surface area contributed by atoms with Gasteiger partial charge in [0.05, 0.1) is 10.0 Å². The average molecular weight is 364 g/mol. The van der Waals surface area contributed by atoms with Crippen molar-refractivity contribution < 1.29 is 12.8 Å². The van der Waals surface area contributed by atoms with Crippen molar-refractivity contribution in [2.75, 3.05) is 19.6 Å². The van der Waals surface area contributed by atoms with Crippen LogP contribution in [-0.2, 0) is 10.0 Å². The Morgan fingerprint density at radius 1 is 1.40 bits per heavy atom. The van der Waals surface area contributed by atoms with E-state index in [0.717, 1.165) is 0 Å². The average Bonchev–Trinajstić information content (AvgIpc) is 2.36. The number of hydrogen-bond donors (Lipinski definition) is 1. The summed E-state index contributed by atoms with van der Waals surface area (Å²) < 4.78 is 39.9. The smallest absolute Gasteiger partial charge is 0.244 e. The Hall–Kier alpha value is -0.110. The molecule has 1 fully saturated rings. The quantitative estimate of drug-likeness (QED) is 0.822. The van der Waals surface area contributed by atoms with Crippen molar-refractivity contribution in [1.82, 2.24) is 9.62 Å². The SMILES string of the molecule is C[C@H]1CNCCN1S(=O)(=O)c1ccc(Cl)c(F)c1Cl.Cl. The molecule has 1 heterocycles. The van der Waals surface area contributed by atoms with Crippen LogP contribution in [0.5, 0.6) is 0 Å². The minimum absolute atomic E-state index is 0. The molecule has 0 spiro atoms. The Morgan fingerprint density at radius 2 is 2.05 bits per heavy atom. The van der Waals surface area contributed by atoms with Gasteiger partial charge in [-0.25, -0.2) is 12.8 Å². The molecule has 1 aliphatic rings. The van der Waals surface area contributed by atoms with E-state index in [1.807, 2.05) is 0 Å². The van der Waals surface area contributed by atoms with Crippen LogP contribution in [0, 0.1) is 5.82 Å². The fraction of sp³-hybridized carbons (Fsp3) is 0.455. The van der Waals surface area contributed by atoms with Crippen molar-refractivity contribution in [1.29, 1.82) is 0 Å². The first kappa shape index (κ1) is 17.9. The molecule has 1 N–H and O–H groups in total. The number of rotatable bonds is 2. The third-order valence-electron chi connectivity index (χ3n) is 3.03. The summed E-state index contributed by atoms with van der Waals surface area (Å²) in [7, 11) is -3.82. The van der Waals surface area contributed by atoms with E-state index in [9.17, 15) is 12.8 Å². The van der Waals surface area contributed by atoms with E-state index in [0.29, 0.717) is 19.6 Å². The zero-order valence-corrected chi connectivity index (χ0v) is 13.7. The highest BCUT2D eigenvalue weighted by Gasteiger charge is 2.33. The third kappa shape index (κ3) is 3.21. The van der Waals surface area contributed by atoms with Crippen LogP contribution in [0.3, 0.4) is 0 Å². The lowest BCUT2D eigenvalue weighted by Crippen LogP contribution is -2.52. The molecule has 0 amide bonds. The van der Waals surface area contributed by atoms with E-state index >= 15 is 0 Å². The molecule has 1 atom stereocenters. The van der Waals surface area contributed by atoms with Crippen LogP contribution >= 0.6 is 35.6 Å². The molecule has 20 heavy (non-hydrogen) atoms. The summed E-state index contributed by atoms with van der Waals surface area (Å²) in [6.07, 6.45) is 0. The topological polar surface area (TPSA) is 49.4 Å². The van der Waals surface area contributed by atoms with Crippen molar-refractivity contribution >= 4 is 45.6 Å². The summed E-state index contributed by atoms with van der Waals surface area (Å²) in [5.74, 6) is -0.910. The predicted octanol–water partition coefficient (Wildman–Crippen LogP) is 2.54. The number of halogens is 4. The second-order valence-electron chi connectivity index (χ2n) is 4.34. The highest BCUT2D eigenvalue weighted by molar-refractivity contribution is 7.89. The standard InChI is InChI=1S/C11H13Cl2FN2O2S.ClH/c1-7-6-15-4-5-16(7)19(17,18)9-3-2-8(12)11(14)10(9)13;/h2-3,7,15H,4-6H2,1H3;1H/t7-;/m0./s1. The first-order valence-corrected chi connectivity index (χ1v) is 7.91. The van der Waals surface area contributed by atoms with E-state index in [1.54, 1.807) is 6.92 Å². The van der Waals surface area contributed by atoms with Crippen LogP contribution in [0.2, 0.25) is 10.0 Å². The molecule has 1 saturated heterocycles. The van der Waals surface area contributed by atoms with Gasteiger partial charge in [-0.15, -0.1) is 12.4 Å². The molecule has 1 aromatic rings. The summed E-state index contributed by atoms with van der Waals surface area (Å²) in [6.45, 7) is 3.21. The van der Waals surface area contributed by atoms with E-state index in [4.69, 9.17) is 23.2 Å². The van der Waals surface area contributed by atoms with Crippen molar-refractivity contribution in [3.8, 4) is 0 Å². The maximum atomic E-state index is 13.6. The summed E-state index contributed by atoms with van der Waals surface area (Å²) in [5.41, 5.74) is 0. The Morgan fingerprint density at radius 3 is 2.65 bits per heavy atom. The molecule has 9 heteroatoms. The van der Waals surface area contributed by atoms with E-state index in [1.165, 1.54) is 16.4 Å². The summed E-state index contributed by atoms with van der Waals surface area (Å²) in [5, 5.41) is 2.43. The zero-order valence-electron chi connectivity index (χ0n) is 10.6. The molecule has 114 valence electrons. The van der Waals surface area contributed by atoms with E-state index < -0.39 is 20.9 Å². The van der Waals surface area contributed by atoms with Crippen molar-refractivity contribution in [2.24, 2.45) is 0 Å². The Labute approximate surface area is 133 Å². The maximum absolute atomic E-state index is 13.6. The van der Waals surface area contributed by atoms with Crippen LogP contribution < -0.4 is 5.32 Å². The van der Waals surface area contributed by atoms with Crippen LogP contribution in [-0.4, -0.2) is 38.4 Å². The Kier molecular flexibility index (Phi) is 6.07. The predicted molar refractivity (Wildman–Crippen MR) is 79.9 cm³/mol. The second-order valence-corrected chi connectivity index (χ2v) is 6.99. The highest BCUT2D eigenvalue weighted by Crippen LogP contribution is 2.32. The van der Waals surface area contributed by atoms with Gasteiger partial charge in [-0.05, 0) is 19.1 Å². The van der Waals surface area contributed by atoms with Crippen LogP contribution in [0.1, 0.15) is 6.92 Å². The van der Waals surface area contributed by atoms with Gasteiger partial charge in [0.15, 0.2) is 5.82 Å². The van der Waals surface area contributed by atoms with Gasteiger partial charge in [0.1, 0.15) is 4.90 Å². The van der Waals surface area contributed by atoms with Gasteiger partial charge in [-0.1, -0.05) is 23.2 Å². The normalized spacial score (nSPS) is 20.5. The number of sulfonamides is 1. The van der Waals surface area contributed by atoms with Crippen molar-refractivity contribution in [3.05, 3.63) is 28.0 Å². The minimum atomic E-state index is -3.82. The lowest BCUT2D eigenvalue weighted by Gasteiger charge is -2.33. The van der Waals surface area contributed by atoms with Crippen LogP contribution in [0.15, 0.2) is 17.0 Å². The third-order valence-corrected chi connectivity index (χ3v) is 5.86. The molecular weight excluding hydrogens is 350 g/mol. The zero-order chi connectivity index (χ0) is 14.2. The molecule has 1 aromatic carbocycles. The van der Waals surface area contributed by atoms with Gasteiger partial charge < -0.3 is 5.32 Å². The molecule has 1 aliphatic heterocycles. The molecule has 0 unspecified atom stereocenters. The maximum Gasteiger partial charge on any atom is 0.244 e. The minimum Gasteiger partial charge on any atom is -0.314 e. The van der Waals surface area contributed by atoms with Crippen molar-refractivity contribution in [3.63, 3.8) is 0 Å². The van der Waals surface area contributed by atoms with Gasteiger partial charge in [-0.2, -0.15) is 4.31 Å². The molecule has 2 rings (SSSR count). The van der Waals surface area contributed by atoms with Gasteiger partial charge >= 0.3 is 0 Å². The Balaban J connectivity index is 0.00000200. The fourth-order valence-electron chi connectivity index (χ4n) is 2.01. The molecule has 0 radical (unpaired) electrons. The summed E-state index contributed by atoms with van der Waals surface area (Å²) in [6, 6.07) is 2.22. The second kappa shape index (κ2) is 6.77. The van der Waals surface area contributed by atoms with Gasteiger partial charge in [0.2, 0.25) is 10.0 Å². The molecule has 0 aliphatic carbocycles. The summed E-state index contributed by atoms with van der Waals surface area (Å²) in [4.78, 5) is -0.246. The largest absolute Gasteiger partial charge is 0.314 e. The molecule has 4 nitrogen and oxygen atoms in total. The number of hydrogen-bond acceptors (Lipinski definition) is 3. The van der Waals surface area contributed by atoms with Crippen molar-refractivity contribution in [2.45, 2.75) is 17.9 Å². The van der Waals surface area contributed by atoms with Crippen LogP contribution in [0.4, 0.5) is 4.39 Å². The number of nitrogens with zero attached hydrogens (tertiary/aromatic N) is 1. The fourth-order valence-corrected chi connectivity index (χ4v) is 4.37. The van der Waals surface area contributed by atoms with Gasteiger partial charge in [0, 0.05) is 25.7 Å². The monoisotopic (exact) mass is 362 g/mol. The molecule has 0 aromatic heterocycles. The van der Waals surface area contributed by atoms with E-state index in [-0.39, 0.29) is 28.4 Å². The number of nitrogens with one attached hydrogen (secondary N) is 1. The van der Waals surface area contributed by atoms with Gasteiger partial charge in [0.25, 0.3) is 0 Å². The number of piperazine rings is 1. The first-order valence-electron chi connectivity index (χ1n) is 5.71. The number of benzene rings is 1. The molecule has 0 saturated carbocycles. The lowest BCUT2D eigenvalue weighted by atomic mass is 10.3. The van der Waals surface area contributed by atoms with E-state index in [2.05, 4.69) is 5.32 Å². The Bertz CT molecular complexity index is 598. The molecule has 0 bridgehead atoms. The van der Waals surface area contributed by atoms with Crippen LogP contribution in [0.25, 0.3) is 0 Å². The lowest BCUT2D eigenvalue weighted by molar-refractivity contribution is 0.284.